The highest BCUT2D eigenvalue weighted by Gasteiger charge is 2.27. The molecule has 1 unspecified atom stereocenters. The third-order valence-electron chi connectivity index (χ3n) is 4.04. The lowest BCUT2D eigenvalue weighted by atomic mass is 9.92. The summed E-state index contributed by atoms with van der Waals surface area (Å²) < 4.78 is 6.97. The molecule has 1 fully saturated rings. The summed E-state index contributed by atoms with van der Waals surface area (Å²) in [5, 5.41) is 15.0. The first kappa shape index (κ1) is 14.0. The second kappa shape index (κ2) is 5.45. The summed E-state index contributed by atoms with van der Waals surface area (Å²) in [6.45, 7) is 3.22. The number of fused-ring (bicyclic) bond motifs is 1. The number of carbonyl (C=O) groups is 1. The summed E-state index contributed by atoms with van der Waals surface area (Å²) in [7, 11) is 1.82. The van der Waals surface area contributed by atoms with E-state index in [0.717, 1.165) is 23.9 Å². The summed E-state index contributed by atoms with van der Waals surface area (Å²) in [5.41, 5.74) is 7.60. The van der Waals surface area contributed by atoms with E-state index in [2.05, 4.69) is 20.6 Å². The average molecular weight is 292 g/mol. The highest BCUT2D eigenvalue weighted by molar-refractivity contribution is 6.01. The van der Waals surface area contributed by atoms with E-state index in [0.29, 0.717) is 24.7 Å². The van der Waals surface area contributed by atoms with Gasteiger partial charge in [-0.2, -0.15) is 10.2 Å². The van der Waals surface area contributed by atoms with Crippen molar-refractivity contribution in [3.63, 3.8) is 0 Å². The van der Waals surface area contributed by atoms with Crippen molar-refractivity contribution in [3.8, 4) is 0 Å². The second-order valence-electron chi connectivity index (χ2n) is 5.47. The Morgan fingerprint density at radius 2 is 2.24 bits per heavy atom. The quantitative estimate of drug-likeness (QED) is 0.753. The van der Waals surface area contributed by atoms with E-state index in [-0.39, 0.29) is 11.8 Å². The maximum Gasteiger partial charge on any atom is 0.242 e. The molecule has 0 aliphatic carbocycles. The number of aromatic amines is 1. The monoisotopic (exact) mass is 292 g/mol. The molecule has 21 heavy (non-hydrogen) atoms. The van der Waals surface area contributed by atoms with Crippen LogP contribution in [0, 0.1) is 12.8 Å². The van der Waals surface area contributed by atoms with Crippen molar-refractivity contribution in [1.82, 2.24) is 20.0 Å². The summed E-state index contributed by atoms with van der Waals surface area (Å²) in [6.07, 6.45) is 1.64. The minimum atomic E-state index is -0.538. The van der Waals surface area contributed by atoms with Gasteiger partial charge >= 0.3 is 0 Å². The van der Waals surface area contributed by atoms with Gasteiger partial charge in [0.15, 0.2) is 5.65 Å². The zero-order chi connectivity index (χ0) is 15.0. The van der Waals surface area contributed by atoms with Crippen molar-refractivity contribution >= 4 is 22.8 Å². The van der Waals surface area contributed by atoms with E-state index in [1.165, 1.54) is 0 Å². The minimum absolute atomic E-state index is 0.159. The van der Waals surface area contributed by atoms with E-state index in [9.17, 15) is 4.79 Å². The van der Waals surface area contributed by atoms with Crippen LogP contribution >= 0.6 is 0 Å². The van der Waals surface area contributed by atoms with Crippen molar-refractivity contribution in [2.75, 3.05) is 18.5 Å². The molecule has 0 aromatic carbocycles. The Morgan fingerprint density at radius 1 is 1.52 bits per heavy atom. The van der Waals surface area contributed by atoms with Gasteiger partial charge in [-0.05, 0) is 25.7 Å². The Labute approximate surface area is 122 Å². The predicted octanol–water partition coefficient (Wildman–Crippen LogP) is 0.297. The van der Waals surface area contributed by atoms with E-state index in [1.807, 2.05) is 14.0 Å². The number of anilines is 1. The zero-order valence-corrected chi connectivity index (χ0v) is 12.2. The largest absolute Gasteiger partial charge is 0.381 e. The average Bonchev–Trinajstić information content (AvgIpc) is 3.02. The van der Waals surface area contributed by atoms with E-state index >= 15 is 0 Å². The molecule has 3 heterocycles. The van der Waals surface area contributed by atoms with Crippen molar-refractivity contribution in [2.24, 2.45) is 18.7 Å². The van der Waals surface area contributed by atoms with Crippen LogP contribution in [-0.2, 0) is 16.6 Å². The molecule has 2 aromatic rings. The first-order valence-electron chi connectivity index (χ1n) is 7.09. The minimum Gasteiger partial charge on any atom is -0.381 e. The van der Waals surface area contributed by atoms with Crippen molar-refractivity contribution in [2.45, 2.75) is 25.8 Å². The summed E-state index contributed by atoms with van der Waals surface area (Å²) in [5.74, 6) is 0.519. The number of hydrogen-bond acceptors (Lipinski definition) is 5. The number of amides is 1. The Balaban J connectivity index is 1.76. The van der Waals surface area contributed by atoms with Crippen LogP contribution in [0.25, 0.3) is 11.0 Å². The Kier molecular flexibility index (Phi) is 3.64. The van der Waals surface area contributed by atoms with Crippen LogP contribution < -0.4 is 11.1 Å². The topological polar surface area (TPSA) is 111 Å². The number of aryl methyl sites for hydroxylation is 2. The zero-order valence-electron chi connectivity index (χ0n) is 12.2. The van der Waals surface area contributed by atoms with Gasteiger partial charge in [0.1, 0.15) is 5.82 Å². The molecule has 0 radical (unpaired) electrons. The second-order valence-corrected chi connectivity index (χ2v) is 5.47. The maximum absolute atomic E-state index is 12.3. The normalized spacial score (nSPS) is 18.0. The van der Waals surface area contributed by atoms with Gasteiger partial charge in [-0.3, -0.25) is 9.89 Å². The molecule has 8 heteroatoms. The van der Waals surface area contributed by atoms with Crippen LogP contribution in [0.4, 0.5) is 5.82 Å². The molecule has 1 aliphatic rings. The standard InChI is InChI=1S/C13H20N6O2/c1-7-9-11(16-17-12(9)19(2)18-7)15-13(20)10(14)8-3-5-21-6-4-8/h8,10H,3-6,14H2,1-2H3,(H2,15,16,17,20). The summed E-state index contributed by atoms with van der Waals surface area (Å²) in [6, 6.07) is -0.538. The van der Waals surface area contributed by atoms with Gasteiger partial charge < -0.3 is 15.8 Å². The van der Waals surface area contributed by atoms with Gasteiger partial charge in [0.25, 0.3) is 0 Å². The number of nitrogens with zero attached hydrogens (tertiary/aromatic N) is 3. The first-order valence-corrected chi connectivity index (χ1v) is 7.09. The molecule has 4 N–H and O–H groups in total. The predicted molar refractivity (Wildman–Crippen MR) is 77.7 cm³/mol. The lowest BCUT2D eigenvalue weighted by Crippen LogP contribution is -2.44. The molecule has 1 amide bonds. The smallest absolute Gasteiger partial charge is 0.242 e. The molecule has 1 aliphatic heterocycles. The number of hydrogen-bond donors (Lipinski definition) is 3. The van der Waals surface area contributed by atoms with Gasteiger partial charge in [-0.25, -0.2) is 4.68 Å². The fourth-order valence-electron chi connectivity index (χ4n) is 2.82. The van der Waals surface area contributed by atoms with Gasteiger partial charge in [0, 0.05) is 20.3 Å². The van der Waals surface area contributed by atoms with E-state index < -0.39 is 6.04 Å². The third kappa shape index (κ3) is 2.52. The third-order valence-corrected chi connectivity index (χ3v) is 4.04. The molecule has 8 nitrogen and oxygen atoms in total. The molecular weight excluding hydrogens is 272 g/mol. The molecule has 0 saturated carbocycles. The molecule has 2 aromatic heterocycles. The van der Waals surface area contributed by atoms with Gasteiger partial charge in [0.05, 0.1) is 17.1 Å². The maximum atomic E-state index is 12.3. The Bertz CT molecular complexity index is 655. The summed E-state index contributed by atoms with van der Waals surface area (Å²) >= 11 is 0. The van der Waals surface area contributed by atoms with Gasteiger partial charge in [0.2, 0.25) is 5.91 Å². The number of carbonyl (C=O) groups excluding carboxylic acids is 1. The number of aromatic nitrogens is 4. The lowest BCUT2D eigenvalue weighted by molar-refractivity contribution is -0.119. The molecule has 0 bridgehead atoms. The number of H-pyrrole nitrogens is 1. The molecule has 3 rings (SSSR count). The van der Waals surface area contributed by atoms with Crippen LogP contribution in [0.3, 0.4) is 0 Å². The fourth-order valence-corrected chi connectivity index (χ4v) is 2.82. The SMILES string of the molecule is Cc1nn(C)c2n[nH]c(NC(=O)C(N)C3CCOCC3)c12. The highest BCUT2D eigenvalue weighted by atomic mass is 16.5. The highest BCUT2D eigenvalue weighted by Crippen LogP contribution is 2.24. The van der Waals surface area contributed by atoms with E-state index in [1.54, 1.807) is 4.68 Å². The van der Waals surface area contributed by atoms with E-state index in [4.69, 9.17) is 10.5 Å². The molecule has 0 spiro atoms. The van der Waals surface area contributed by atoms with Crippen LogP contribution in [0.2, 0.25) is 0 Å². The molecule has 1 saturated heterocycles. The number of ether oxygens (including phenoxy) is 1. The number of rotatable bonds is 3. The summed E-state index contributed by atoms with van der Waals surface area (Å²) in [4.78, 5) is 12.3. The Hall–Kier alpha value is -1.93. The van der Waals surface area contributed by atoms with Crippen LogP contribution in [-0.4, -0.2) is 45.1 Å². The number of nitrogens with one attached hydrogen (secondary N) is 2. The molecule has 114 valence electrons. The first-order chi connectivity index (χ1) is 10.1. The molecule has 1 atom stereocenters. The van der Waals surface area contributed by atoms with Gasteiger partial charge in [-0.15, -0.1) is 0 Å². The fraction of sp³-hybridized carbons (Fsp3) is 0.615. The number of nitrogens with two attached hydrogens (primary N) is 1. The van der Waals surface area contributed by atoms with Crippen molar-refractivity contribution in [3.05, 3.63) is 5.69 Å². The van der Waals surface area contributed by atoms with Crippen LogP contribution in [0.15, 0.2) is 0 Å². The van der Waals surface area contributed by atoms with Gasteiger partial charge in [-0.1, -0.05) is 0 Å². The van der Waals surface area contributed by atoms with Crippen LogP contribution in [0.1, 0.15) is 18.5 Å². The molecular formula is C13H20N6O2. The Morgan fingerprint density at radius 3 is 2.95 bits per heavy atom. The van der Waals surface area contributed by atoms with Crippen molar-refractivity contribution < 1.29 is 9.53 Å². The lowest BCUT2D eigenvalue weighted by Gasteiger charge is -2.26. The van der Waals surface area contributed by atoms with Crippen molar-refractivity contribution in [1.29, 1.82) is 0 Å². The van der Waals surface area contributed by atoms with Crippen LogP contribution in [0.5, 0.6) is 0 Å².